The predicted molar refractivity (Wildman–Crippen MR) is 143 cm³/mol. The van der Waals surface area contributed by atoms with Gasteiger partial charge in [0.1, 0.15) is 11.0 Å². The van der Waals surface area contributed by atoms with Gasteiger partial charge in [-0.25, -0.2) is 23.1 Å². The fourth-order valence-corrected chi connectivity index (χ4v) is 6.02. The minimum Gasteiger partial charge on any atom is -0.351 e. The van der Waals surface area contributed by atoms with Gasteiger partial charge in [-0.2, -0.15) is 19.8 Å². The van der Waals surface area contributed by atoms with Crippen molar-refractivity contribution in [3.05, 3.63) is 60.1 Å². The molecule has 0 bridgehead atoms. The molecule has 2 N–H and O–H groups in total. The van der Waals surface area contributed by atoms with Gasteiger partial charge in [0, 0.05) is 50.7 Å². The molecule has 0 radical (unpaired) electrons. The third-order valence-corrected chi connectivity index (χ3v) is 8.44. The minimum absolute atomic E-state index is 0.0151. The molecule has 0 aliphatic carbocycles. The maximum absolute atomic E-state index is 12.9. The van der Waals surface area contributed by atoms with Crippen molar-refractivity contribution < 1.29 is 8.42 Å². The largest absolute Gasteiger partial charge is 0.351 e. The van der Waals surface area contributed by atoms with Crippen molar-refractivity contribution >= 4 is 16.0 Å². The van der Waals surface area contributed by atoms with E-state index in [9.17, 15) is 13.7 Å². The summed E-state index contributed by atoms with van der Waals surface area (Å²) in [6.45, 7) is 3.33. The highest BCUT2D eigenvalue weighted by Gasteiger charge is 2.30. The van der Waals surface area contributed by atoms with E-state index in [-0.39, 0.29) is 10.9 Å². The summed E-state index contributed by atoms with van der Waals surface area (Å²) in [5.74, 6) is 0.375. The highest BCUT2D eigenvalue weighted by Crippen LogP contribution is 2.25. The van der Waals surface area contributed by atoms with Crippen LogP contribution in [0.3, 0.4) is 0 Å². The van der Waals surface area contributed by atoms with Crippen LogP contribution in [0, 0.1) is 18.3 Å². The summed E-state index contributed by atoms with van der Waals surface area (Å²) in [7, 11) is -0.0184. The maximum Gasteiger partial charge on any atom is 0.246 e. The number of nitrogens with one attached hydrogen (secondary N) is 2. The quantitative estimate of drug-likeness (QED) is 0.332. The number of nitriles is 1. The fraction of sp³-hybridized carbons (Fsp3) is 0.360. The second kappa shape index (κ2) is 10.9. The van der Waals surface area contributed by atoms with Crippen LogP contribution >= 0.6 is 0 Å². The number of pyridine rings is 1. The molecule has 14 heteroatoms. The van der Waals surface area contributed by atoms with E-state index in [2.05, 4.69) is 41.9 Å². The van der Waals surface area contributed by atoms with Gasteiger partial charge in [0.25, 0.3) is 0 Å². The van der Waals surface area contributed by atoms with Crippen LogP contribution in [0.5, 0.6) is 0 Å². The Balaban J connectivity index is 1.30. The molecule has 1 fully saturated rings. The molecular formula is C25H29N11O2S. The van der Waals surface area contributed by atoms with E-state index in [1.807, 2.05) is 32.3 Å². The molecule has 0 saturated carbocycles. The van der Waals surface area contributed by atoms with Gasteiger partial charge in [-0.15, -0.1) is 0 Å². The molecule has 0 atom stereocenters. The molecule has 0 aromatic carbocycles. The zero-order valence-electron chi connectivity index (χ0n) is 21.9. The maximum atomic E-state index is 12.9. The van der Waals surface area contributed by atoms with Gasteiger partial charge >= 0.3 is 0 Å². The predicted octanol–water partition coefficient (Wildman–Crippen LogP) is 1.62. The molecule has 13 nitrogen and oxygen atoms in total. The minimum atomic E-state index is -3.58. The molecule has 5 heterocycles. The lowest BCUT2D eigenvalue weighted by atomic mass is 10.1. The smallest absolute Gasteiger partial charge is 0.246 e. The lowest BCUT2D eigenvalue weighted by Crippen LogP contribution is -2.42. The van der Waals surface area contributed by atoms with Crippen molar-refractivity contribution in [2.24, 2.45) is 7.05 Å². The van der Waals surface area contributed by atoms with Gasteiger partial charge in [-0.05, 0) is 38.9 Å². The van der Waals surface area contributed by atoms with Crippen LogP contribution in [0.25, 0.3) is 16.9 Å². The van der Waals surface area contributed by atoms with E-state index in [1.165, 1.54) is 27.6 Å². The van der Waals surface area contributed by atoms with Crippen molar-refractivity contribution in [1.82, 2.24) is 44.1 Å². The van der Waals surface area contributed by atoms with Gasteiger partial charge < -0.3 is 10.6 Å². The number of anilines is 1. The molecule has 5 rings (SSSR count). The lowest BCUT2D eigenvalue weighted by molar-refractivity contribution is 0.329. The van der Waals surface area contributed by atoms with Crippen molar-refractivity contribution in [3.63, 3.8) is 0 Å². The summed E-state index contributed by atoms with van der Waals surface area (Å²) in [5.41, 5.74) is 4.07. The number of hydrogen-bond acceptors (Lipinski definition) is 10. The van der Waals surface area contributed by atoms with Crippen LogP contribution in [0.4, 0.5) is 5.95 Å². The van der Waals surface area contributed by atoms with E-state index in [0.29, 0.717) is 55.2 Å². The Morgan fingerprint density at radius 1 is 1.10 bits per heavy atom. The summed E-state index contributed by atoms with van der Waals surface area (Å²) in [6.07, 6.45) is 9.02. The third kappa shape index (κ3) is 5.51. The van der Waals surface area contributed by atoms with Crippen molar-refractivity contribution in [2.75, 3.05) is 25.5 Å². The number of hydrogen-bond donors (Lipinski definition) is 2. The molecule has 1 aliphatic heterocycles. The van der Waals surface area contributed by atoms with E-state index in [1.54, 1.807) is 17.9 Å². The van der Waals surface area contributed by atoms with Gasteiger partial charge in [0.05, 0.1) is 46.9 Å². The molecule has 4 aromatic rings. The Kier molecular flexibility index (Phi) is 7.38. The summed E-state index contributed by atoms with van der Waals surface area (Å²) >= 11 is 0. The Morgan fingerprint density at radius 2 is 1.90 bits per heavy atom. The topological polar surface area (TPSA) is 160 Å². The number of aryl methyl sites for hydroxylation is 2. The summed E-state index contributed by atoms with van der Waals surface area (Å²) in [5, 5.41) is 24.5. The average molecular weight is 548 g/mol. The van der Waals surface area contributed by atoms with E-state index in [0.717, 1.165) is 17.1 Å². The van der Waals surface area contributed by atoms with Crippen molar-refractivity contribution in [1.29, 1.82) is 5.26 Å². The Morgan fingerprint density at radius 3 is 2.56 bits per heavy atom. The van der Waals surface area contributed by atoms with E-state index < -0.39 is 10.0 Å². The fourth-order valence-electron chi connectivity index (χ4n) is 4.56. The lowest BCUT2D eigenvalue weighted by Gasteiger charge is -2.31. The standard InChI is InChI=1S/C25H29N11O2S/c1-17-23(5-4-21(31-17)13-27-2)36-15-19(12-30-36)24-18(10-26)11-28-25(33-24)32-20-6-8-35(9-7-20)39(37,38)22-14-29-34(3)16-22/h4-5,11-12,14-16,20,27H,6-9,13H2,1-3H3,(H,28,32,33). The van der Waals surface area contributed by atoms with Crippen molar-refractivity contribution in [3.8, 4) is 23.0 Å². The van der Waals surface area contributed by atoms with Crippen LogP contribution in [0.1, 0.15) is 29.8 Å². The summed E-state index contributed by atoms with van der Waals surface area (Å²) in [6, 6.07) is 6.05. The van der Waals surface area contributed by atoms with Gasteiger partial charge in [0.15, 0.2) is 0 Å². The molecule has 4 aromatic heterocycles. The van der Waals surface area contributed by atoms with Crippen LogP contribution in [-0.2, 0) is 23.6 Å². The number of rotatable bonds is 8. The molecule has 1 aliphatic rings. The first kappa shape index (κ1) is 26.4. The zero-order valence-corrected chi connectivity index (χ0v) is 22.7. The first-order chi connectivity index (χ1) is 18.8. The Labute approximate surface area is 226 Å². The number of piperidine rings is 1. The molecule has 0 spiro atoms. The molecule has 0 unspecified atom stereocenters. The number of sulfonamides is 1. The molecule has 39 heavy (non-hydrogen) atoms. The number of aromatic nitrogens is 7. The second-order valence-electron chi connectivity index (χ2n) is 9.35. The molecule has 1 saturated heterocycles. The molecular weight excluding hydrogens is 518 g/mol. The van der Waals surface area contributed by atoms with Gasteiger partial charge in [-0.1, -0.05) is 0 Å². The average Bonchev–Trinajstić information content (AvgIpc) is 3.59. The van der Waals surface area contributed by atoms with Gasteiger partial charge in [-0.3, -0.25) is 9.67 Å². The zero-order chi connectivity index (χ0) is 27.6. The third-order valence-electron chi connectivity index (χ3n) is 6.59. The van der Waals surface area contributed by atoms with Crippen molar-refractivity contribution in [2.45, 2.75) is 37.2 Å². The molecule has 0 amide bonds. The van der Waals surface area contributed by atoms with Gasteiger partial charge in [0.2, 0.25) is 16.0 Å². The normalized spacial score (nSPS) is 14.8. The first-order valence-electron chi connectivity index (χ1n) is 12.5. The second-order valence-corrected chi connectivity index (χ2v) is 11.3. The SMILES string of the molecule is CNCc1ccc(-n2cc(-c3nc(NC4CCN(S(=O)(=O)c5cnn(C)c5)CC4)ncc3C#N)cn2)c(C)n1. The summed E-state index contributed by atoms with van der Waals surface area (Å²) in [4.78, 5) is 13.8. The number of nitrogens with zero attached hydrogens (tertiary/aromatic N) is 9. The molecule has 202 valence electrons. The van der Waals surface area contributed by atoms with Crippen LogP contribution < -0.4 is 10.6 Å². The van der Waals surface area contributed by atoms with Crippen LogP contribution in [-0.4, -0.2) is 73.4 Å². The van der Waals surface area contributed by atoms with Crippen LogP contribution in [0.15, 0.2) is 48.0 Å². The first-order valence-corrected chi connectivity index (χ1v) is 13.9. The van der Waals surface area contributed by atoms with Crippen LogP contribution in [0.2, 0.25) is 0 Å². The van der Waals surface area contributed by atoms with E-state index in [4.69, 9.17) is 0 Å². The highest BCUT2D eigenvalue weighted by molar-refractivity contribution is 7.89. The monoisotopic (exact) mass is 547 g/mol. The summed E-state index contributed by atoms with van der Waals surface area (Å²) < 4.78 is 30.5. The highest BCUT2D eigenvalue weighted by atomic mass is 32.2. The van der Waals surface area contributed by atoms with E-state index >= 15 is 0 Å². The Bertz CT molecular complexity index is 1630. The Hall–Kier alpha value is -4.19.